The van der Waals surface area contributed by atoms with Gasteiger partial charge in [-0.3, -0.25) is 9.59 Å². The molecule has 1 N–H and O–H groups in total. The number of benzene rings is 2. The topological polar surface area (TPSA) is 49.4 Å². The first-order chi connectivity index (χ1) is 13.5. The van der Waals surface area contributed by atoms with Crippen LogP contribution in [0.3, 0.4) is 0 Å². The molecule has 4 nitrogen and oxygen atoms in total. The molecule has 0 spiro atoms. The maximum atomic E-state index is 13.1. The van der Waals surface area contributed by atoms with Gasteiger partial charge in [-0.2, -0.15) is 0 Å². The average molecular weight is 377 g/mol. The molecule has 146 valence electrons. The van der Waals surface area contributed by atoms with Gasteiger partial charge in [-0.05, 0) is 55.9 Å². The van der Waals surface area contributed by atoms with Crippen LogP contribution in [0.2, 0.25) is 0 Å². The number of carbonyl (C=O) groups is 2. The van der Waals surface area contributed by atoms with E-state index in [2.05, 4.69) is 24.4 Å². The zero-order valence-electron chi connectivity index (χ0n) is 16.7. The molecule has 2 atom stereocenters. The summed E-state index contributed by atoms with van der Waals surface area (Å²) in [6.45, 7) is 5.92. The van der Waals surface area contributed by atoms with E-state index in [0.29, 0.717) is 24.6 Å². The molecule has 1 aliphatic carbocycles. The number of likely N-dealkylation sites (tertiary alicyclic amines) is 1. The molecule has 4 heteroatoms. The summed E-state index contributed by atoms with van der Waals surface area (Å²) < 4.78 is 0. The predicted molar refractivity (Wildman–Crippen MR) is 110 cm³/mol. The Hall–Kier alpha value is -2.62. The van der Waals surface area contributed by atoms with Gasteiger partial charge in [-0.15, -0.1) is 0 Å². The smallest absolute Gasteiger partial charge is 0.253 e. The Labute approximate surface area is 166 Å². The van der Waals surface area contributed by atoms with Gasteiger partial charge in [0.1, 0.15) is 0 Å². The standard InChI is InChI=1S/C24H28N2O2/c1-16-7-11-19(12-8-16)24(28)26-14-21(20-6-4-3-5-17(20)2)22(15-26)23(27)25-13-18-9-10-18/h3-8,11-12,18,21-22H,9-10,13-15H2,1-2H3,(H,25,27)/t21-,22-/m0/s1. The summed E-state index contributed by atoms with van der Waals surface area (Å²) in [4.78, 5) is 27.9. The van der Waals surface area contributed by atoms with Crippen molar-refractivity contribution in [1.29, 1.82) is 0 Å². The lowest BCUT2D eigenvalue weighted by molar-refractivity contribution is -0.125. The zero-order chi connectivity index (χ0) is 19.7. The number of carbonyl (C=O) groups excluding carboxylic acids is 2. The summed E-state index contributed by atoms with van der Waals surface area (Å²) in [6, 6.07) is 15.9. The third-order valence-electron chi connectivity index (χ3n) is 6.09. The van der Waals surface area contributed by atoms with Gasteiger partial charge in [0, 0.05) is 31.1 Å². The van der Waals surface area contributed by atoms with Crippen molar-refractivity contribution in [1.82, 2.24) is 10.2 Å². The van der Waals surface area contributed by atoms with Gasteiger partial charge in [0.05, 0.1) is 5.92 Å². The van der Waals surface area contributed by atoms with Crippen molar-refractivity contribution in [3.63, 3.8) is 0 Å². The van der Waals surface area contributed by atoms with E-state index >= 15 is 0 Å². The number of rotatable bonds is 5. The maximum absolute atomic E-state index is 13.1. The molecule has 0 unspecified atom stereocenters. The number of hydrogen-bond donors (Lipinski definition) is 1. The van der Waals surface area contributed by atoms with E-state index in [1.807, 2.05) is 48.2 Å². The van der Waals surface area contributed by atoms with Gasteiger partial charge in [-0.1, -0.05) is 42.0 Å². The molecule has 2 amide bonds. The Morgan fingerprint density at radius 2 is 1.71 bits per heavy atom. The maximum Gasteiger partial charge on any atom is 0.253 e. The summed E-state index contributed by atoms with van der Waals surface area (Å²) in [6.07, 6.45) is 2.43. The van der Waals surface area contributed by atoms with Crippen molar-refractivity contribution in [2.45, 2.75) is 32.6 Å². The average Bonchev–Trinajstić information content (AvgIpc) is 3.43. The van der Waals surface area contributed by atoms with E-state index in [9.17, 15) is 9.59 Å². The molecule has 4 rings (SSSR count). The molecule has 0 bridgehead atoms. The van der Waals surface area contributed by atoms with E-state index < -0.39 is 0 Å². The van der Waals surface area contributed by atoms with Crippen LogP contribution < -0.4 is 5.32 Å². The molecule has 1 heterocycles. The van der Waals surface area contributed by atoms with Gasteiger partial charge in [0.2, 0.25) is 5.91 Å². The first kappa shape index (κ1) is 18.7. The summed E-state index contributed by atoms with van der Waals surface area (Å²) in [5.41, 5.74) is 4.17. The molecule has 2 aromatic rings. The van der Waals surface area contributed by atoms with Crippen molar-refractivity contribution in [3.8, 4) is 0 Å². The zero-order valence-corrected chi connectivity index (χ0v) is 16.7. The Kier molecular flexibility index (Phi) is 5.21. The molecule has 2 aromatic carbocycles. The van der Waals surface area contributed by atoms with Gasteiger partial charge >= 0.3 is 0 Å². The number of aryl methyl sites for hydroxylation is 2. The number of nitrogens with one attached hydrogen (secondary N) is 1. The van der Waals surface area contributed by atoms with Gasteiger partial charge in [0.15, 0.2) is 0 Å². The molecule has 28 heavy (non-hydrogen) atoms. The van der Waals surface area contributed by atoms with Gasteiger partial charge in [0.25, 0.3) is 5.91 Å². The summed E-state index contributed by atoms with van der Waals surface area (Å²) in [7, 11) is 0. The fourth-order valence-electron chi connectivity index (χ4n) is 4.13. The number of amides is 2. The highest BCUT2D eigenvalue weighted by Crippen LogP contribution is 2.36. The van der Waals surface area contributed by atoms with E-state index in [4.69, 9.17) is 0 Å². The van der Waals surface area contributed by atoms with Crippen molar-refractivity contribution in [2.24, 2.45) is 11.8 Å². The van der Waals surface area contributed by atoms with Gasteiger partial charge < -0.3 is 10.2 Å². The third-order valence-corrected chi connectivity index (χ3v) is 6.09. The van der Waals surface area contributed by atoms with Crippen molar-refractivity contribution >= 4 is 11.8 Å². The SMILES string of the molecule is Cc1ccc(C(=O)N2C[C@H](C(=O)NCC3CC3)[C@H](c3ccccc3C)C2)cc1. The Balaban J connectivity index is 1.56. The number of hydrogen-bond acceptors (Lipinski definition) is 2. The molecule has 2 fully saturated rings. The first-order valence-corrected chi connectivity index (χ1v) is 10.2. The lowest BCUT2D eigenvalue weighted by atomic mass is 9.86. The van der Waals surface area contributed by atoms with Gasteiger partial charge in [-0.25, -0.2) is 0 Å². The lowest BCUT2D eigenvalue weighted by Gasteiger charge is -2.20. The van der Waals surface area contributed by atoms with Crippen LogP contribution in [-0.4, -0.2) is 36.3 Å². The number of nitrogens with zero attached hydrogens (tertiary/aromatic N) is 1. The van der Waals surface area contributed by atoms with Crippen molar-refractivity contribution in [2.75, 3.05) is 19.6 Å². The minimum absolute atomic E-state index is 0.0103. The summed E-state index contributed by atoms with van der Waals surface area (Å²) in [5.74, 6) is 0.576. The molecule has 2 aliphatic rings. The Bertz CT molecular complexity index is 870. The van der Waals surface area contributed by atoms with Crippen LogP contribution >= 0.6 is 0 Å². The largest absolute Gasteiger partial charge is 0.356 e. The second kappa shape index (κ2) is 7.78. The molecule has 0 aromatic heterocycles. The van der Waals surface area contributed by atoms with Crippen LogP contribution in [0.15, 0.2) is 48.5 Å². The fraction of sp³-hybridized carbons (Fsp3) is 0.417. The van der Waals surface area contributed by atoms with Crippen LogP contribution in [0.5, 0.6) is 0 Å². The van der Waals surface area contributed by atoms with E-state index in [1.165, 1.54) is 24.0 Å². The van der Waals surface area contributed by atoms with E-state index in [0.717, 1.165) is 12.1 Å². The minimum atomic E-state index is -0.200. The Morgan fingerprint density at radius 3 is 2.39 bits per heavy atom. The van der Waals surface area contributed by atoms with Crippen molar-refractivity contribution in [3.05, 3.63) is 70.8 Å². The van der Waals surface area contributed by atoms with Crippen LogP contribution in [0.1, 0.15) is 45.8 Å². The second-order valence-electron chi connectivity index (χ2n) is 8.33. The fourth-order valence-corrected chi connectivity index (χ4v) is 4.13. The Morgan fingerprint density at radius 1 is 1.00 bits per heavy atom. The monoisotopic (exact) mass is 376 g/mol. The predicted octanol–water partition coefficient (Wildman–Crippen LogP) is 3.69. The molecule has 1 saturated heterocycles. The van der Waals surface area contributed by atoms with Crippen LogP contribution in [0, 0.1) is 25.7 Å². The van der Waals surface area contributed by atoms with Crippen molar-refractivity contribution < 1.29 is 9.59 Å². The van der Waals surface area contributed by atoms with Crippen LogP contribution in [-0.2, 0) is 4.79 Å². The molecular formula is C24H28N2O2. The molecule has 1 saturated carbocycles. The quantitative estimate of drug-likeness (QED) is 0.865. The van der Waals surface area contributed by atoms with E-state index in [1.54, 1.807) is 0 Å². The summed E-state index contributed by atoms with van der Waals surface area (Å²) >= 11 is 0. The highest BCUT2D eigenvalue weighted by Gasteiger charge is 2.41. The second-order valence-corrected chi connectivity index (χ2v) is 8.33. The normalized spacial score (nSPS) is 21.6. The highest BCUT2D eigenvalue weighted by molar-refractivity contribution is 5.95. The molecular weight excluding hydrogens is 348 g/mol. The first-order valence-electron chi connectivity index (χ1n) is 10.2. The van der Waals surface area contributed by atoms with E-state index in [-0.39, 0.29) is 23.7 Å². The minimum Gasteiger partial charge on any atom is -0.356 e. The molecule has 1 aliphatic heterocycles. The van der Waals surface area contributed by atoms with Crippen LogP contribution in [0.4, 0.5) is 0 Å². The lowest BCUT2D eigenvalue weighted by Crippen LogP contribution is -2.36. The van der Waals surface area contributed by atoms with Crippen LogP contribution in [0.25, 0.3) is 0 Å². The third kappa shape index (κ3) is 3.96. The molecule has 0 radical (unpaired) electrons. The summed E-state index contributed by atoms with van der Waals surface area (Å²) in [5, 5.41) is 3.14. The highest BCUT2D eigenvalue weighted by atomic mass is 16.2.